The number of aryl methyl sites for hydroxylation is 2. The van der Waals surface area contributed by atoms with Gasteiger partial charge in [-0.1, -0.05) is 38.9 Å². The largest absolute Gasteiger partial charge is 0.477 e. The molecule has 1 unspecified atom stereocenters. The maximum Gasteiger partial charge on any atom is 0.352 e. The summed E-state index contributed by atoms with van der Waals surface area (Å²) in [5.41, 5.74) is 3.80. The number of hydrogen-bond donors (Lipinski definition) is 1. The van der Waals surface area contributed by atoms with E-state index in [1.807, 2.05) is 20.0 Å². The van der Waals surface area contributed by atoms with Crippen LogP contribution in [0, 0.1) is 6.92 Å². The molecule has 0 saturated carbocycles. The second-order valence-electron chi connectivity index (χ2n) is 5.46. The van der Waals surface area contributed by atoms with Gasteiger partial charge in [-0.15, -0.1) is 0 Å². The van der Waals surface area contributed by atoms with Crippen LogP contribution in [0.15, 0.2) is 48.5 Å². The Balaban J connectivity index is 1.93. The Morgan fingerprint density at radius 3 is 2.59 bits per heavy atom. The van der Waals surface area contributed by atoms with E-state index < -0.39 is 5.97 Å². The fourth-order valence-electron chi connectivity index (χ4n) is 2.85. The predicted molar refractivity (Wildman–Crippen MR) is 92.7 cm³/mol. The van der Waals surface area contributed by atoms with Crippen molar-refractivity contribution in [2.45, 2.75) is 13.1 Å². The lowest BCUT2D eigenvalue weighted by Gasteiger charge is -2.07. The molecule has 0 aliphatic heterocycles. The number of hydrogen-bond acceptors (Lipinski definition) is 1. The van der Waals surface area contributed by atoms with Gasteiger partial charge in [0, 0.05) is 12.4 Å². The molecule has 0 saturated heterocycles. The van der Waals surface area contributed by atoms with E-state index in [1.165, 1.54) is 10.9 Å². The van der Waals surface area contributed by atoms with Crippen molar-refractivity contribution in [2.75, 3.05) is 0 Å². The molecule has 0 fully saturated rings. The Hall–Kier alpha value is -2.12. The lowest BCUT2D eigenvalue weighted by Crippen LogP contribution is -2.04. The van der Waals surface area contributed by atoms with Gasteiger partial charge in [-0.3, -0.25) is 0 Å². The molecule has 1 atom stereocenters. The number of aromatic carboxylic acids is 1. The molecule has 0 spiro atoms. The molecule has 3 rings (SSSR count). The molecular formula is C18H18NO2P. The summed E-state index contributed by atoms with van der Waals surface area (Å²) in [6, 6.07) is 16.5. The van der Waals surface area contributed by atoms with Crippen molar-refractivity contribution < 1.29 is 9.90 Å². The zero-order valence-electron chi connectivity index (χ0n) is 12.6. The number of carboxylic acids is 1. The van der Waals surface area contributed by atoms with Gasteiger partial charge in [0.25, 0.3) is 0 Å². The van der Waals surface area contributed by atoms with Crippen LogP contribution in [-0.4, -0.2) is 15.6 Å². The van der Waals surface area contributed by atoms with Crippen molar-refractivity contribution in [3.8, 4) is 0 Å². The average Bonchev–Trinajstić information content (AvgIpc) is 2.84. The zero-order valence-corrected chi connectivity index (χ0v) is 13.6. The summed E-state index contributed by atoms with van der Waals surface area (Å²) in [5, 5.41) is 11.5. The summed E-state index contributed by atoms with van der Waals surface area (Å²) in [4.78, 5) is 11.3. The molecule has 1 N–H and O–H groups in total. The lowest BCUT2D eigenvalue weighted by atomic mass is 10.1. The van der Waals surface area contributed by atoms with Crippen LogP contribution in [0.2, 0.25) is 0 Å². The van der Waals surface area contributed by atoms with Crippen LogP contribution in [0.25, 0.3) is 10.9 Å². The SMILES string of the molecule is Cc1cc(PCc2ccccc2)cc2cc(C(=O)O)n(C)c12. The van der Waals surface area contributed by atoms with Gasteiger partial charge in [0.2, 0.25) is 0 Å². The molecule has 3 aromatic rings. The fraction of sp³-hybridized carbons (Fsp3) is 0.167. The number of fused-ring (bicyclic) bond motifs is 1. The van der Waals surface area contributed by atoms with E-state index in [9.17, 15) is 9.90 Å². The number of nitrogens with zero attached hydrogens (tertiary/aromatic N) is 1. The first-order chi connectivity index (χ1) is 10.6. The zero-order chi connectivity index (χ0) is 15.7. The molecule has 3 nitrogen and oxygen atoms in total. The van der Waals surface area contributed by atoms with E-state index in [2.05, 4.69) is 36.4 Å². The van der Waals surface area contributed by atoms with Gasteiger partial charge in [0.15, 0.2) is 0 Å². The van der Waals surface area contributed by atoms with E-state index in [4.69, 9.17) is 0 Å². The van der Waals surface area contributed by atoms with Crippen LogP contribution in [0.1, 0.15) is 21.6 Å². The molecule has 4 heteroatoms. The normalized spacial score (nSPS) is 11.5. The standard InChI is InChI=1S/C18H18NO2P/c1-12-8-15(22-11-13-6-4-3-5-7-13)9-14-10-16(18(20)21)19(2)17(12)14/h3-10,22H,11H2,1-2H3,(H,20,21). The Kier molecular flexibility index (Phi) is 4.00. The number of aromatic nitrogens is 1. The molecule has 0 aliphatic rings. The van der Waals surface area contributed by atoms with Crippen LogP contribution in [0.3, 0.4) is 0 Å². The van der Waals surface area contributed by atoms with E-state index in [-0.39, 0.29) is 0 Å². The van der Waals surface area contributed by atoms with Gasteiger partial charge in [0.1, 0.15) is 5.69 Å². The van der Waals surface area contributed by atoms with Crippen LogP contribution >= 0.6 is 8.58 Å². The first-order valence-electron chi connectivity index (χ1n) is 7.17. The Morgan fingerprint density at radius 2 is 1.91 bits per heavy atom. The maximum atomic E-state index is 11.3. The second-order valence-corrected chi connectivity index (χ2v) is 6.75. The van der Waals surface area contributed by atoms with Crippen LogP contribution in [-0.2, 0) is 13.2 Å². The Labute approximate surface area is 131 Å². The van der Waals surface area contributed by atoms with Crippen molar-refractivity contribution in [1.82, 2.24) is 4.57 Å². The molecule has 1 aromatic heterocycles. The van der Waals surface area contributed by atoms with Crippen LogP contribution < -0.4 is 5.30 Å². The molecule has 0 bridgehead atoms. The first-order valence-corrected chi connectivity index (χ1v) is 8.38. The minimum Gasteiger partial charge on any atom is -0.477 e. The average molecular weight is 311 g/mol. The molecule has 112 valence electrons. The highest BCUT2D eigenvalue weighted by Crippen LogP contribution is 2.26. The van der Waals surface area contributed by atoms with Crippen molar-refractivity contribution in [2.24, 2.45) is 7.05 Å². The summed E-state index contributed by atoms with van der Waals surface area (Å²) in [6.07, 6.45) is 1.02. The number of carbonyl (C=O) groups is 1. The highest BCUT2D eigenvalue weighted by atomic mass is 31.1. The second kappa shape index (κ2) is 5.94. The van der Waals surface area contributed by atoms with Gasteiger partial charge in [-0.25, -0.2) is 4.79 Å². The smallest absolute Gasteiger partial charge is 0.352 e. The highest BCUT2D eigenvalue weighted by Gasteiger charge is 2.14. The maximum absolute atomic E-state index is 11.3. The predicted octanol–water partition coefficient (Wildman–Crippen LogP) is 3.69. The van der Waals surface area contributed by atoms with Crippen LogP contribution in [0.5, 0.6) is 0 Å². The minimum atomic E-state index is -0.883. The van der Waals surface area contributed by atoms with Crippen molar-refractivity contribution in [1.29, 1.82) is 0 Å². The number of carboxylic acid groups (broad SMARTS) is 1. The number of benzene rings is 2. The highest BCUT2D eigenvalue weighted by molar-refractivity contribution is 7.46. The Bertz CT molecular complexity index is 837. The van der Waals surface area contributed by atoms with E-state index in [0.717, 1.165) is 22.6 Å². The summed E-state index contributed by atoms with van der Waals surface area (Å²) in [7, 11) is 2.50. The minimum absolute atomic E-state index is 0.335. The molecule has 0 aliphatic carbocycles. The summed E-state index contributed by atoms with van der Waals surface area (Å²) >= 11 is 0. The van der Waals surface area contributed by atoms with Gasteiger partial charge >= 0.3 is 5.97 Å². The fourth-order valence-corrected chi connectivity index (χ4v) is 4.07. The van der Waals surface area contributed by atoms with Crippen molar-refractivity contribution in [3.05, 3.63) is 65.4 Å². The third-order valence-corrected chi connectivity index (χ3v) is 5.16. The molecule has 1 heterocycles. The van der Waals surface area contributed by atoms with Gasteiger partial charge < -0.3 is 9.67 Å². The quantitative estimate of drug-likeness (QED) is 0.747. The Morgan fingerprint density at radius 1 is 1.18 bits per heavy atom. The van der Waals surface area contributed by atoms with E-state index in [1.54, 1.807) is 10.6 Å². The molecular weight excluding hydrogens is 293 g/mol. The third-order valence-electron chi connectivity index (χ3n) is 3.88. The summed E-state index contributed by atoms with van der Waals surface area (Å²) in [6.45, 7) is 2.05. The lowest BCUT2D eigenvalue weighted by molar-refractivity contribution is 0.0687. The molecule has 2 aromatic carbocycles. The van der Waals surface area contributed by atoms with Crippen LogP contribution in [0.4, 0.5) is 0 Å². The van der Waals surface area contributed by atoms with Crippen molar-refractivity contribution in [3.63, 3.8) is 0 Å². The van der Waals surface area contributed by atoms with Gasteiger partial charge in [0.05, 0.1) is 5.52 Å². The molecule has 22 heavy (non-hydrogen) atoms. The molecule has 0 radical (unpaired) electrons. The van der Waals surface area contributed by atoms with Gasteiger partial charge in [-0.2, -0.15) is 0 Å². The summed E-state index contributed by atoms with van der Waals surface area (Å²) < 4.78 is 1.76. The monoisotopic (exact) mass is 311 g/mol. The molecule has 0 amide bonds. The van der Waals surface area contributed by atoms with Crippen molar-refractivity contribution >= 4 is 30.8 Å². The van der Waals surface area contributed by atoms with E-state index >= 15 is 0 Å². The number of rotatable bonds is 4. The first kappa shape index (κ1) is 14.8. The topological polar surface area (TPSA) is 42.2 Å². The van der Waals surface area contributed by atoms with Gasteiger partial charge in [-0.05, 0) is 47.7 Å². The summed E-state index contributed by atoms with van der Waals surface area (Å²) in [5.74, 6) is -0.883. The van der Waals surface area contributed by atoms with E-state index in [0.29, 0.717) is 14.3 Å². The third kappa shape index (κ3) is 2.77.